The van der Waals surface area contributed by atoms with E-state index in [-0.39, 0.29) is 34.8 Å². The van der Waals surface area contributed by atoms with Crippen LogP contribution in [0.1, 0.15) is 29.0 Å². The Kier molecular flexibility index (Phi) is 5.80. The minimum absolute atomic E-state index is 0.0123. The molecule has 3 N–H and O–H groups in total. The molecule has 4 rings (SSSR count). The lowest BCUT2D eigenvalue weighted by molar-refractivity contribution is -0.116. The molecular weight excluding hydrogens is 452 g/mol. The van der Waals surface area contributed by atoms with Crippen LogP contribution in [0.5, 0.6) is 5.75 Å². The van der Waals surface area contributed by atoms with Gasteiger partial charge in [0, 0.05) is 39.2 Å². The molecule has 7 heteroatoms. The number of carbonyl (C=O) groups excluding carboxylic acids is 2. The second-order valence-corrected chi connectivity index (χ2v) is 8.61. The summed E-state index contributed by atoms with van der Waals surface area (Å²) in [6.07, 6.45) is 2.11. The molecule has 162 valence electrons. The standard InChI is InChI=1S/C25H18Cl2FNO3/c26-15-3-1-2-14(8-15)21-11-24(32)19(18-10-17(28)5-7-23(18)31)12-25(21,13-30)20-6-4-16(27)9-22(20)29/h1-10,12-13,21,31H,11,29H2/t21-,25-/m0/s1. The van der Waals surface area contributed by atoms with Gasteiger partial charge in [0.05, 0.1) is 5.41 Å². The van der Waals surface area contributed by atoms with E-state index >= 15 is 0 Å². The molecule has 0 heterocycles. The van der Waals surface area contributed by atoms with Gasteiger partial charge in [0.1, 0.15) is 17.9 Å². The maximum atomic E-state index is 14.0. The van der Waals surface area contributed by atoms with E-state index in [0.29, 0.717) is 21.2 Å². The molecule has 0 saturated heterocycles. The fourth-order valence-electron chi connectivity index (χ4n) is 4.33. The molecule has 0 radical (unpaired) electrons. The number of allylic oxidation sites excluding steroid dienone is 2. The zero-order chi connectivity index (χ0) is 23.0. The topological polar surface area (TPSA) is 80.4 Å². The molecule has 0 spiro atoms. The van der Waals surface area contributed by atoms with Gasteiger partial charge in [-0.2, -0.15) is 0 Å². The molecule has 0 aliphatic heterocycles. The number of phenols is 1. The summed E-state index contributed by atoms with van der Waals surface area (Å²) in [5, 5.41) is 11.2. The fraction of sp³-hybridized carbons (Fsp3) is 0.120. The highest BCUT2D eigenvalue weighted by Crippen LogP contribution is 2.50. The first-order chi connectivity index (χ1) is 15.2. The Morgan fingerprint density at radius 1 is 1.06 bits per heavy atom. The van der Waals surface area contributed by atoms with E-state index in [1.807, 2.05) is 0 Å². The first-order valence-electron chi connectivity index (χ1n) is 9.77. The molecule has 2 atom stereocenters. The van der Waals surface area contributed by atoms with Gasteiger partial charge in [-0.15, -0.1) is 0 Å². The Bertz CT molecular complexity index is 1270. The van der Waals surface area contributed by atoms with E-state index in [2.05, 4.69) is 0 Å². The molecule has 3 aromatic rings. The van der Waals surface area contributed by atoms with Crippen molar-refractivity contribution in [1.29, 1.82) is 0 Å². The molecule has 0 unspecified atom stereocenters. The van der Waals surface area contributed by atoms with Gasteiger partial charge >= 0.3 is 0 Å². The third kappa shape index (κ3) is 3.78. The van der Waals surface area contributed by atoms with Crippen molar-refractivity contribution in [2.45, 2.75) is 17.8 Å². The predicted molar refractivity (Wildman–Crippen MR) is 123 cm³/mol. The van der Waals surface area contributed by atoms with Gasteiger partial charge in [0.15, 0.2) is 5.78 Å². The number of halogens is 3. The number of anilines is 1. The van der Waals surface area contributed by atoms with E-state index in [9.17, 15) is 19.1 Å². The molecule has 1 aliphatic carbocycles. The van der Waals surface area contributed by atoms with E-state index in [0.717, 1.165) is 18.4 Å². The SMILES string of the molecule is Nc1cc(Cl)ccc1[C@@]1(C=O)C=C(c2cc(F)ccc2O)C(=O)C[C@H]1c1cccc(Cl)c1. The number of benzene rings is 3. The summed E-state index contributed by atoms with van der Waals surface area (Å²) in [7, 11) is 0. The number of aldehydes is 1. The van der Waals surface area contributed by atoms with Gasteiger partial charge in [-0.25, -0.2) is 4.39 Å². The number of nitrogen functional groups attached to an aromatic ring is 1. The number of carbonyl (C=O) groups is 2. The zero-order valence-electron chi connectivity index (χ0n) is 16.7. The van der Waals surface area contributed by atoms with E-state index in [4.69, 9.17) is 28.9 Å². The maximum absolute atomic E-state index is 14.0. The van der Waals surface area contributed by atoms with Crippen LogP contribution in [0.15, 0.2) is 66.7 Å². The van der Waals surface area contributed by atoms with Crippen LogP contribution in [0.25, 0.3) is 5.57 Å². The van der Waals surface area contributed by atoms with Gasteiger partial charge in [0.2, 0.25) is 0 Å². The van der Waals surface area contributed by atoms with Crippen molar-refractivity contribution >= 4 is 46.5 Å². The van der Waals surface area contributed by atoms with Crippen LogP contribution in [-0.4, -0.2) is 17.2 Å². The number of hydrogen-bond acceptors (Lipinski definition) is 4. The molecule has 1 aliphatic rings. The quantitative estimate of drug-likeness (QED) is 0.379. The van der Waals surface area contributed by atoms with Crippen molar-refractivity contribution in [3.05, 3.63) is 99.3 Å². The van der Waals surface area contributed by atoms with Gasteiger partial charge < -0.3 is 15.6 Å². The predicted octanol–water partition coefficient (Wildman–Crippen LogP) is 5.70. The molecule has 0 fully saturated rings. The van der Waals surface area contributed by atoms with Gasteiger partial charge in [-0.3, -0.25) is 4.79 Å². The van der Waals surface area contributed by atoms with Crippen LogP contribution in [-0.2, 0) is 15.0 Å². The summed E-state index contributed by atoms with van der Waals surface area (Å²) in [5.74, 6) is -1.86. The number of phenolic OH excluding ortho intramolecular Hbond substituents is 1. The number of hydrogen-bond donors (Lipinski definition) is 2. The van der Waals surface area contributed by atoms with E-state index in [1.165, 1.54) is 18.2 Å². The molecular formula is C25H18Cl2FNO3. The van der Waals surface area contributed by atoms with Crippen molar-refractivity contribution < 1.29 is 19.1 Å². The smallest absolute Gasteiger partial charge is 0.164 e. The van der Waals surface area contributed by atoms with Crippen molar-refractivity contribution in [2.75, 3.05) is 5.73 Å². The largest absolute Gasteiger partial charge is 0.507 e. The highest BCUT2D eigenvalue weighted by atomic mass is 35.5. The average Bonchev–Trinajstić information content (AvgIpc) is 2.76. The van der Waals surface area contributed by atoms with Crippen molar-refractivity contribution in [3.8, 4) is 5.75 Å². The van der Waals surface area contributed by atoms with Crippen molar-refractivity contribution in [3.63, 3.8) is 0 Å². The summed E-state index contributed by atoms with van der Waals surface area (Å²) in [6.45, 7) is 0. The lowest BCUT2D eigenvalue weighted by atomic mass is 9.61. The Morgan fingerprint density at radius 3 is 2.50 bits per heavy atom. The highest BCUT2D eigenvalue weighted by Gasteiger charge is 2.46. The minimum atomic E-state index is -1.39. The van der Waals surface area contributed by atoms with Crippen molar-refractivity contribution in [2.24, 2.45) is 0 Å². The highest BCUT2D eigenvalue weighted by molar-refractivity contribution is 6.31. The molecule has 32 heavy (non-hydrogen) atoms. The van der Waals surface area contributed by atoms with Crippen LogP contribution in [0, 0.1) is 5.82 Å². The minimum Gasteiger partial charge on any atom is -0.507 e. The number of nitrogens with two attached hydrogens (primary N) is 1. The van der Waals surface area contributed by atoms with E-state index in [1.54, 1.807) is 36.4 Å². The molecule has 0 amide bonds. The molecule has 3 aromatic carbocycles. The number of aromatic hydroxyl groups is 1. The molecule has 0 aromatic heterocycles. The summed E-state index contributed by atoms with van der Waals surface area (Å²) < 4.78 is 14.0. The number of ketones is 1. The molecule has 0 bridgehead atoms. The zero-order valence-corrected chi connectivity index (χ0v) is 18.2. The first-order valence-corrected chi connectivity index (χ1v) is 10.5. The normalized spacial score (nSPS) is 20.7. The van der Waals surface area contributed by atoms with E-state index < -0.39 is 17.2 Å². The number of rotatable bonds is 4. The van der Waals surface area contributed by atoms with Crippen LogP contribution < -0.4 is 5.73 Å². The van der Waals surface area contributed by atoms with Gasteiger partial charge in [-0.05, 0) is 53.6 Å². The van der Waals surface area contributed by atoms with Crippen LogP contribution in [0.3, 0.4) is 0 Å². The van der Waals surface area contributed by atoms with Crippen molar-refractivity contribution in [1.82, 2.24) is 0 Å². The maximum Gasteiger partial charge on any atom is 0.164 e. The average molecular weight is 470 g/mol. The first kappa shape index (κ1) is 22.1. The summed E-state index contributed by atoms with van der Waals surface area (Å²) in [4.78, 5) is 26.0. The molecule has 0 saturated carbocycles. The second-order valence-electron chi connectivity index (χ2n) is 7.74. The third-order valence-electron chi connectivity index (χ3n) is 5.82. The summed E-state index contributed by atoms with van der Waals surface area (Å²) in [6, 6.07) is 15.0. The van der Waals surface area contributed by atoms with Crippen LogP contribution in [0.2, 0.25) is 10.0 Å². The monoisotopic (exact) mass is 469 g/mol. The third-order valence-corrected chi connectivity index (χ3v) is 6.29. The Hall–Kier alpha value is -3.15. The van der Waals surface area contributed by atoms with Crippen LogP contribution in [0.4, 0.5) is 10.1 Å². The van der Waals surface area contributed by atoms with Gasteiger partial charge in [0.25, 0.3) is 0 Å². The lowest BCUT2D eigenvalue weighted by Gasteiger charge is -2.39. The van der Waals surface area contributed by atoms with Crippen LogP contribution >= 0.6 is 23.2 Å². The lowest BCUT2D eigenvalue weighted by Crippen LogP contribution is -2.39. The Balaban J connectivity index is 2.03. The fourth-order valence-corrected chi connectivity index (χ4v) is 4.71. The number of Topliss-reactive ketones (excluding diaryl/α,β-unsaturated/α-hetero) is 1. The van der Waals surface area contributed by atoms with Gasteiger partial charge in [-0.1, -0.05) is 47.5 Å². The Morgan fingerprint density at radius 2 is 1.81 bits per heavy atom. The summed E-state index contributed by atoms with van der Waals surface area (Å²) in [5.41, 5.74) is 6.32. The second kappa shape index (κ2) is 8.41. The Labute approximate surface area is 194 Å². The molecule has 4 nitrogen and oxygen atoms in total. The summed E-state index contributed by atoms with van der Waals surface area (Å²) >= 11 is 12.3.